The van der Waals surface area contributed by atoms with Crippen LogP contribution < -0.4 is 5.56 Å². The van der Waals surface area contributed by atoms with E-state index in [1.165, 1.54) is 10.9 Å². The largest absolute Gasteiger partial charge is 0.442 e. The van der Waals surface area contributed by atoms with Crippen molar-refractivity contribution < 1.29 is 9.21 Å². The van der Waals surface area contributed by atoms with Crippen LogP contribution in [0.2, 0.25) is 0 Å². The molecule has 4 aromatic rings. The van der Waals surface area contributed by atoms with E-state index >= 15 is 0 Å². The van der Waals surface area contributed by atoms with Crippen molar-refractivity contribution in [3.8, 4) is 0 Å². The second-order valence-electron chi connectivity index (χ2n) is 7.52. The zero-order valence-electron chi connectivity index (χ0n) is 16.3. The molecule has 1 atom stereocenters. The minimum absolute atomic E-state index is 0.173. The Morgan fingerprint density at radius 2 is 2.10 bits per heavy atom. The van der Waals surface area contributed by atoms with Crippen molar-refractivity contribution >= 4 is 28.0 Å². The second kappa shape index (κ2) is 6.58. The highest BCUT2D eigenvalue weighted by Gasteiger charge is 2.34. The number of aromatic amines is 1. The molecule has 1 unspecified atom stereocenters. The van der Waals surface area contributed by atoms with Crippen LogP contribution in [-0.4, -0.2) is 36.9 Å². The normalized spacial score (nSPS) is 17.3. The number of nitrogens with zero attached hydrogens (tertiary/aromatic N) is 4. The maximum atomic E-state index is 13.6. The Balaban J connectivity index is 1.61. The molecule has 1 aromatic carbocycles. The number of benzene rings is 1. The van der Waals surface area contributed by atoms with E-state index in [0.717, 1.165) is 36.1 Å². The van der Waals surface area contributed by atoms with Gasteiger partial charge in [0.2, 0.25) is 5.71 Å². The third-order valence-corrected chi connectivity index (χ3v) is 5.65. The molecule has 29 heavy (non-hydrogen) atoms. The molecule has 1 fully saturated rings. The molecule has 0 aliphatic carbocycles. The molecule has 3 aromatic heterocycles. The third kappa shape index (κ3) is 2.74. The zero-order chi connectivity index (χ0) is 20.1. The monoisotopic (exact) mass is 391 g/mol. The fraction of sp³-hybridized carbons (Fsp3) is 0.333. The lowest BCUT2D eigenvalue weighted by Gasteiger charge is -2.34. The van der Waals surface area contributed by atoms with Gasteiger partial charge in [-0.25, -0.2) is 9.97 Å². The van der Waals surface area contributed by atoms with Crippen LogP contribution in [0.5, 0.6) is 0 Å². The van der Waals surface area contributed by atoms with Crippen molar-refractivity contribution in [3.05, 3.63) is 58.1 Å². The van der Waals surface area contributed by atoms with Gasteiger partial charge in [-0.15, -0.1) is 0 Å². The highest BCUT2D eigenvalue weighted by molar-refractivity contribution is 6.06. The van der Waals surface area contributed by atoms with Crippen LogP contribution >= 0.6 is 0 Å². The average Bonchev–Trinajstić information content (AvgIpc) is 3.31. The highest BCUT2D eigenvalue weighted by atomic mass is 16.3. The van der Waals surface area contributed by atoms with Crippen LogP contribution in [0, 0.1) is 6.92 Å². The number of H-pyrrole nitrogens is 1. The summed E-state index contributed by atoms with van der Waals surface area (Å²) in [5, 5.41) is 0.242. The number of rotatable bonds is 2. The smallest absolute Gasteiger partial charge is 0.265 e. The van der Waals surface area contributed by atoms with E-state index in [1.54, 1.807) is 14.0 Å². The fourth-order valence-corrected chi connectivity index (χ4v) is 4.18. The number of piperidine rings is 1. The molecule has 8 heteroatoms. The lowest BCUT2D eigenvalue weighted by Crippen LogP contribution is -2.39. The van der Waals surface area contributed by atoms with Gasteiger partial charge in [-0.3, -0.25) is 9.59 Å². The number of likely N-dealkylation sites (tertiary alicyclic amines) is 1. The van der Waals surface area contributed by atoms with Gasteiger partial charge < -0.3 is 18.9 Å². The first-order valence-electron chi connectivity index (χ1n) is 9.75. The Hall–Kier alpha value is -3.42. The van der Waals surface area contributed by atoms with Gasteiger partial charge in [0.25, 0.3) is 11.5 Å². The summed E-state index contributed by atoms with van der Waals surface area (Å²) in [6.07, 6.45) is 4.14. The Labute approximate surface area is 166 Å². The topological polar surface area (TPSA) is 97.0 Å². The molecule has 1 saturated heterocycles. The predicted octanol–water partition coefficient (Wildman–Crippen LogP) is 3.08. The van der Waals surface area contributed by atoms with E-state index in [1.807, 2.05) is 29.2 Å². The number of aryl methyl sites for hydroxylation is 2. The van der Waals surface area contributed by atoms with E-state index in [2.05, 4.69) is 9.97 Å². The summed E-state index contributed by atoms with van der Waals surface area (Å²) in [6, 6.07) is 7.66. The quantitative estimate of drug-likeness (QED) is 0.566. The number of amides is 1. The Morgan fingerprint density at radius 3 is 2.93 bits per heavy atom. The molecular weight excluding hydrogens is 370 g/mol. The number of imidazole rings is 1. The molecule has 0 spiro atoms. The van der Waals surface area contributed by atoms with Gasteiger partial charge >= 0.3 is 0 Å². The first kappa shape index (κ1) is 17.7. The summed E-state index contributed by atoms with van der Waals surface area (Å²) < 4.78 is 7.00. The van der Waals surface area contributed by atoms with Gasteiger partial charge in [-0.2, -0.15) is 0 Å². The number of carbonyl (C=O) groups excluding carboxylic acids is 1. The number of para-hydroxylation sites is 2. The van der Waals surface area contributed by atoms with Gasteiger partial charge in [-0.1, -0.05) is 12.1 Å². The lowest BCUT2D eigenvalue weighted by atomic mass is 9.99. The maximum Gasteiger partial charge on any atom is 0.265 e. The summed E-state index contributed by atoms with van der Waals surface area (Å²) in [5.41, 5.74) is 2.04. The van der Waals surface area contributed by atoms with Gasteiger partial charge in [0, 0.05) is 13.6 Å². The molecule has 5 rings (SSSR count). The highest BCUT2D eigenvalue weighted by Crippen LogP contribution is 2.33. The molecule has 0 saturated carbocycles. The minimum Gasteiger partial charge on any atom is -0.442 e. The van der Waals surface area contributed by atoms with E-state index < -0.39 is 0 Å². The number of hydrogen-bond acceptors (Lipinski definition) is 5. The summed E-state index contributed by atoms with van der Waals surface area (Å²) in [6.45, 7) is 2.31. The van der Waals surface area contributed by atoms with Gasteiger partial charge in [0.15, 0.2) is 0 Å². The zero-order valence-corrected chi connectivity index (χ0v) is 16.3. The van der Waals surface area contributed by atoms with Crippen molar-refractivity contribution in [1.82, 2.24) is 24.4 Å². The third-order valence-electron chi connectivity index (χ3n) is 5.65. The summed E-state index contributed by atoms with van der Waals surface area (Å²) in [4.78, 5) is 40.3. The summed E-state index contributed by atoms with van der Waals surface area (Å²) >= 11 is 0. The SMILES string of the molecule is Cc1oc2ncn(C)c(=O)c2c1C(=O)N1CCCCC1c1nc2ccccc2[nH]1. The van der Waals surface area contributed by atoms with Crippen molar-refractivity contribution in [2.45, 2.75) is 32.2 Å². The van der Waals surface area contributed by atoms with Crippen LogP contribution in [0.1, 0.15) is 47.2 Å². The van der Waals surface area contributed by atoms with Gasteiger partial charge in [0.05, 0.1) is 22.6 Å². The van der Waals surface area contributed by atoms with Gasteiger partial charge in [0.1, 0.15) is 23.3 Å². The van der Waals surface area contributed by atoms with Crippen molar-refractivity contribution in [2.75, 3.05) is 6.54 Å². The standard InChI is InChI=1S/C21H21N5O3/c1-12-16(17-19(29-12)22-11-25(2)20(17)27)21(28)26-10-6-5-9-15(26)18-23-13-7-3-4-8-14(13)24-18/h3-4,7-8,11,15H,5-6,9-10H2,1-2H3,(H,23,24). The van der Waals surface area contributed by atoms with Crippen LogP contribution in [0.15, 0.2) is 39.8 Å². The number of fused-ring (bicyclic) bond motifs is 2. The van der Waals surface area contributed by atoms with Crippen molar-refractivity contribution in [3.63, 3.8) is 0 Å². The van der Waals surface area contributed by atoms with E-state index in [4.69, 9.17) is 9.40 Å². The first-order chi connectivity index (χ1) is 14.0. The summed E-state index contributed by atoms with van der Waals surface area (Å²) in [5.74, 6) is 0.974. The molecular formula is C21H21N5O3. The molecule has 0 bridgehead atoms. The van der Waals surface area contributed by atoms with Crippen LogP contribution in [-0.2, 0) is 7.05 Å². The fourth-order valence-electron chi connectivity index (χ4n) is 4.18. The van der Waals surface area contributed by atoms with E-state index in [-0.39, 0.29) is 28.6 Å². The molecule has 1 N–H and O–H groups in total. The van der Waals surface area contributed by atoms with E-state index in [9.17, 15) is 9.59 Å². The Kier molecular flexibility index (Phi) is 4.01. The van der Waals surface area contributed by atoms with Crippen LogP contribution in [0.4, 0.5) is 0 Å². The average molecular weight is 391 g/mol. The number of carbonyl (C=O) groups is 1. The maximum absolute atomic E-state index is 13.6. The Morgan fingerprint density at radius 1 is 1.28 bits per heavy atom. The lowest BCUT2D eigenvalue weighted by molar-refractivity contribution is 0.0601. The number of furan rings is 1. The molecule has 8 nitrogen and oxygen atoms in total. The number of nitrogens with one attached hydrogen (secondary N) is 1. The number of hydrogen-bond donors (Lipinski definition) is 1. The van der Waals surface area contributed by atoms with Crippen molar-refractivity contribution in [2.24, 2.45) is 7.05 Å². The van der Waals surface area contributed by atoms with Crippen LogP contribution in [0.3, 0.4) is 0 Å². The molecule has 1 aliphatic rings. The summed E-state index contributed by atoms with van der Waals surface area (Å²) in [7, 11) is 1.61. The molecule has 1 amide bonds. The van der Waals surface area contributed by atoms with E-state index in [0.29, 0.717) is 17.9 Å². The van der Waals surface area contributed by atoms with Gasteiger partial charge in [-0.05, 0) is 38.3 Å². The predicted molar refractivity (Wildman–Crippen MR) is 108 cm³/mol. The number of aromatic nitrogens is 4. The molecule has 4 heterocycles. The molecule has 0 radical (unpaired) electrons. The van der Waals surface area contributed by atoms with Crippen LogP contribution in [0.25, 0.3) is 22.1 Å². The molecule has 1 aliphatic heterocycles. The second-order valence-corrected chi connectivity index (χ2v) is 7.52. The first-order valence-corrected chi connectivity index (χ1v) is 9.75. The Bertz CT molecular complexity index is 1270. The van der Waals surface area contributed by atoms with Crippen molar-refractivity contribution in [1.29, 1.82) is 0 Å². The molecule has 148 valence electrons. The minimum atomic E-state index is -0.285.